The largest absolute Gasteiger partial charge is 0.481 e. The van der Waals surface area contributed by atoms with Crippen molar-refractivity contribution in [3.63, 3.8) is 0 Å². The summed E-state index contributed by atoms with van der Waals surface area (Å²) in [5.41, 5.74) is -2.42. The standard InChI is InChI=1S/C12H16O5.C10H18O2.C9H10O5/c1-12(2)6-5-8(13)7(3-4-9(14)15)10(12)11(16)17;1-9(2)7-5-3-4-6-8-10(11)12;1-14-8(12)9(13)5-3-2-4-6(9)7(10)11/h3-6H2,1-2H3,(H,14,15)(H,16,17);5,7,9H,3-4,6,8H2,1-2H3,(H,11,12);2-6,13H,1H3,(H,10,11). The summed E-state index contributed by atoms with van der Waals surface area (Å²) < 4.78 is 4.34. The van der Waals surface area contributed by atoms with Crippen molar-refractivity contribution in [2.45, 2.75) is 84.7 Å². The van der Waals surface area contributed by atoms with Crippen LogP contribution >= 0.6 is 0 Å². The quantitative estimate of drug-likeness (QED) is 0.120. The molecule has 2 aliphatic carbocycles. The van der Waals surface area contributed by atoms with Crippen LogP contribution in [0, 0.1) is 17.3 Å². The maximum absolute atomic E-state index is 11.7. The van der Waals surface area contributed by atoms with Crippen molar-refractivity contribution in [1.82, 2.24) is 0 Å². The second-order valence-electron chi connectivity index (χ2n) is 11.0. The first-order chi connectivity index (χ1) is 19.9. The number of hydrogen-bond acceptors (Lipinski definition) is 8. The van der Waals surface area contributed by atoms with Gasteiger partial charge in [-0.3, -0.25) is 19.2 Å². The van der Waals surface area contributed by atoms with Gasteiger partial charge in [-0.15, -0.1) is 0 Å². The maximum atomic E-state index is 11.7. The molecule has 0 aromatic heterocycles. The van der Waals surface area contributed by atoms with Gasteiger partial charge >= 0.3 is 29.8 Å². The monoisotopic (exact) mass is 608 g/mol. The van der Waals surface area contributed by atoms with Gasteiger partial charge in [-0.05, 0) is 49.5 Å². The SMILES string of the molecule is CC(C)C=CCCCCC(=O)O.CC1(C)CCC(=O)C(CCC(=O)O)=C1C(=O)O.COC(=O)C1(O)C=CC=CC1C(=O)O. The molecule has 12 nitrogen and oxygen atoms in total. The Balaban J connectivity index is 0.000000626. The van der Waals surface area contributed by atoms with E-state index in [9.17, 15) is 33.9 Å². The van der Waals surface area contributed by atoms with Crippen LogP contribution in [0.4, 0.5) is 0 Å². The van der Waals surface area contributed by atoms with Crippen molar-refractivity contribution in [3.8, 4) is 0 Å². The average molecular weight is 609 g/mol. The van der Waals surface area contributed by atoms with Crippen molar-refractivity contribution >= 4 is 35.6 Å². The lowest BCUT2D eigenvalue weighted by atomic mass is 9.71. The van der Waals surface area contributed by atoms with E-state index in [-0.39, 0.29) is 29.8 Å². The van der Waals surface area contributed by atoms with E-state index in [0.717, 1.165) is 32.4 Å². The van der Waals surface area contributed by atoms with E-state index >= 15 is 0 Å². The molecule has 240 valence electrons. The first kappa shape index (κ1) is 38.9. The Morgan fingerprint density at radius 1 is 1.00 bits per heavy atom. The molecule has 0 aromatic rings. The van der Waals surface area contributed by atoms with Gasteiger partial charge in [-0.2, -0.15) is 0 Å². The smallest absolute Gasteiger partial charge is 0.343 e. The number of carboxylic acid groups (broad SMARTS) is 4. The van der Waals surface area contributed by atoms with Gasteiger partial charge in [0, 0.05) is 30.4 Å². The maximum Gasteiger partial charge on any atom is 0.343 e. The fourth-order valence-corrected chi connectivity index (χ4v) is 4.33. The Bertz CT molecular complexity index is 1140. The Morgan fingerprint density at radius 2 is 1.60 bits per heavy atom. The molecule has 0 saturated carbocycles. The molecular weight excluding hydrogens is 564 g/mol. The predicted molar refractivity (Wildman–Crippen MR) is 156 cm³/mol. The Hall–Kier alpha value is -4.06. The minimum Gasteiger partial charge on any atom is -0.481 e. The molecule has 2 aliphatic rings. The number of esters is 1. The summed E-state index contributed by atoms with van der Waals surface area (Å²) >= 11 is 0. The van der Waals surface area contributed by atoms with Crippen molar-refractivity contribution in [2.75, 3.05) is 7.11 Å². The van der Waals surface area contributed by atoms with Crippen molar-refractivity contribution < 1.29 is 59.0 Å². The highest BCUT2D eigenvalue weighted by Gasteiger charge is 2.46. The molecule has 0 amide bonds. The summed E-state index contributed by atoms with van der Waals surface area (Å²) in [4.78, 5) is 65.5. The Kier molecular flexibility index (Phi) is 16.7. The van der Waals surface area contributed by atoms with Gasteiger partial charge in [0.1, 0.15) is 5.92 Å². The molecule has 0 aliphatic heterocycles. The van der Waals surface area contributed by atoms with Gasteiger partial charge in [-0.25, -0.2) is 9.59 Å². The number of ketones is 1. The fraction of sp³-hybridized carbons (Fsp3) is 0.548. The van der Waals surface area contributed by atoms with Crippen LogP contribution in [-0.4, -0.2) is 73.9 Å². The highest BCUT2D eigenvalue weighted by molar-refractivity contribution is 6.05. The van der Waals surface area contributed by atoms with Crippen molar-refractivity contribution in [1.29, 1.82) is 0 Å². The average Bonchev–Trinajstić information content (AvgIpc) is 2.90. The summed E-state index contributed by atoms with van der Waals surface area (Å²) in [6.45, 7) is 7.80. The van der Waals surface area contributed by atoms with Crippen LogP contribution in [0.15, 0.2) is 47.6 Å². The van der Waals surface area contributed by atoms with Crippen LogP contribution < -0.4 is 0 Å². The number of carbonyl (C=O) groups excluding carboxylic acids is 2. The summed E-state index contributed by atoms with van der Waals surface area (Å²) in [6.07, 6.45) is 13.1. The van der Waals surface area contributed by atoms with Gasteiger partial charge in [0.2, 0.25) is 0 Å². The van der Waals surface area contributed by atoms with E-state index in [2.05, 4.69) is 30.7 Å². The number of hydrogen-bond donors (Lipinski definition) is 5. The van der Waals surface area contributed by atoms with Crippen LogP contribution in [-0.2, 0) is 33.5 Å². The molecule has 0 fully saturated rings. The fourth-order valence-electron chi connectivity index (χ4n) is 4.33. The molecule has 12 heteroatoms. The number of carbonyl (C=O) groups is 6. The summed E-state index contributed by atoms with van der Waals surface area (Å²) in [5, 5.41) is 44.7. The second kappa shape index (κ2) is 18.5. The van der Waals surface area contributed by atoms with E-state index in [1.165, 1.54) is 18.2 Å². The van der Waals surface area contributed by atoms with Crippen molar-refractivity contribution in [2.24, 2.45) is 17.3 Å². The first-order valence-corrected chi connectivity index (χ1v) is 13.9. The highest BCUT2D eigenvalue weighted by Crippen LogP contribution is 2.40. The topological polar surface area (TPSA) is 213 Å². The molecule has 0 aromatic carbocycles. The Labute approximate surface area is 251 Å². The molecule has 0 bridgehead atoms. The highest BCUT2D eigenvalue weighted by atomic mass is 16.5. The van der Waals surface area contributed by atoms with Crippen molar-refractivity contribution in [3.05, 3.63) is 47.6 Å². The van der Waals surface area contributed by atoms with Gasteiger partial charge in [0.15, 0.2) is 11.4 Å². The number of ether oxygens (including phenoxy) is 1. The van der Waals surface area contributed by atoms with Crippen LogP contribution in [0.3, 0.4) is 0 Å². The van der Waals surface area contributed by atoms with E-state index in [1.807, 2.05) is 0 Å². The van der Waals surface area contributed by atoms with Gasteiger partial charge in [0.05, 0.1) is 7.11 Å². The summed E-state index contributed by atoms with van der Waals surface area (Å²) in [7, 11) is 1.09. The van der Waals surface area contributed by atoms with E-state index < -0.39 is 46.8 Å². The van der Waals surface area contributed by atoms with E-state index in [1.54, 1.807) is 13.8 Å². The lowest BCUT2D eigenvalue weighted by Crippen LogP contribution is -2.48. The summed E-state index contributed by atoms with van der Waals surface area (Å²) in [5.74, 6) is -6.04. The lowest BCUT2D eigenvalue weighted by Gasteiger charge is -2.31. The molecule has 43 heavy (non-hydrogen) atoms. The molecule has 2 rings (SSSR count). The van der Waals surface area contributed by atoms with Crippen LogP contribution in [0.2, 0.25) is 0 Å². The molecule has 5 N–H and O–H groups in total. The lowest BCUT2D eigenvalue weighted by molar-refractivity contribution is -0.168. The molecule has 2 atom stereocenters. The van der Waals surface area contributed by atoms with Crippen LogP contribution in [0.1, 0.15) is 79.1 Å². The van der Waals surface area contributed by atoms with Crippen LogP contribution in [0.25, 0.3) is 0 Å². The van der Waals surface area contributed by atoms with E-state index in [4.69, 9.17) is 20.4 Å². The third-order valence-electron chi connectivity index (χ3n) is 6.64. The number of unbranched alkanes of at least 4 members (excludes halogenated alkanes) is 2. The zero-order chi connectivity index (χ0) is 33.4. The molecule has 2 unspecified atom stereocenters. The normalized spacial score (nSPS) is 20.5. The predicted octanol–water partition coefficient (Wildman–Crippen LogP) is 4.18. The minimum atomic E-state index is -2.10. The third kappa shape index (κ3) is 13.6. The minimum absolute atomic E-state index is 0.000764. The van der Waals surface area contributed by atoms with Gasteiger partial charge < -0.3 is 30.3 Å². The number of aliphatic hydroxyl groups is 1. The molecular formula is C31H44O12. The second-order valence-corrected chi connectivity index (χ2v) is 11.0. The molecule has 0 heterocycles. The van der Waals surface area contributed by atoms with Gasteiger partial charge in [0.25, 0.3) is 0 Å². The third-order valence-corrected chi connectivity index (χ3v) is 6.64. The van der Waals surface area contributed by atoms with Gasteiger partial charge in [-0.1, -0.05) is 58.1 Å². The number of rotatable bonds is 12. The molecule has 0 radical (unpaired) electrons. The Morgan fingerprint density at radius 3 is 2.09 bits per heavy atom. The number of aliphatic carboxylic acids is 4. The number of Topliss-reactive ketones (excluding diaryl/α,β-unsaturated/α-hetero) is 1. The number of allylic oxidation sites excluding steroid dienone is 5. The zero-order valence-corrected chi connectivity index (χ0v) is 25.4. The van der Waals surface area contributed by atoms with Crippen LogP contribution in [0.5, 0.6) is 0 Å². The zero-order valence-electron chi connectivity index (χ0n) is 25.4. The number of carboxylic acids is 4. The number of methoxy groups -OCH3 is 1. The molecule has 0 spiro atoms. The summed E-state index contributed by atoms with van der Waals surface area (Å²) in [6, 6.07) is 0. The van der Waals surface area contributed by atoms with E-state index in [0.29, 0.717) is 25.2 Å². The first-order valence-electron chi connectivity index (χ1n) is 13.9. The molecule has 0 saturated heterocycles.